The Kier molecular flexibility index (Phi) is 5.18. The van der Waals surface area contributed by atoms with Crippen molar-refractivity contribution in [3.8, 4) is 0 Å². The molecule has 0 atom stereocenters. The van der Waals surface area contributed by atoms with Crippen molar-refractivity contribution >= 4 is 8.25 Å². The Morgan fingerprint density at radius 2 is 1.19 bits per heavy atom. The zero-order chi connectivity index (χ0) is 11.2. The van der Waals surface area contributed by atoms with Crippen LogP contribution in [0.1, 0.15) is 0 Å². The van der Waals surface area contributed by atoms with Crippen LogP contribution in [0.2, 0.25) is 0 Å². The van der Waals surface area contributed by atoms with E-state index < -0.39 is 8.25 Å². The van der Waals surface area contributed by atoms with Crippen molar-refractivity contribution in [3.05, 3.63) is 0 Å². The van der Waals surface area contributed by atoms with Gasteiger partial charge in [-0.3, -0.25) is 4.57 Å². The minimum Gasteiger partial charge on any atom is -0.314 e. The van der Waals surface area contributed by atoms with Crippen molar-refractivity contribution in [2.24, 2.45) is 0 Å². The first-order valence-corrected chi connectivity index (χ1v) is 6.88. The van der Waals surface area contributed by atoms with Gasteiger partial charge in [0.15, 0.2) is 0 Å². The average molecular weight is 250 g/mol. The van der Waals surface area contributed by atoms with Crippen LogP contribution < -0.4 is 10.6 Å². The molecule has 2 N–H and O–H groups in total. The molecule has 7 nitrogen and oxygen atoms in total. The molecule has 2 aliphatic heterocycles. The lowest BCUT2D eigenvalue weighted by atomic mass is 10.4. The molecule has 0 amide bonds. The Morgan fingerprint density at radius 1 is 0.812 bits per heavy atom. The normalized spacial score (nSPS) is 25.1. The number of hydroxylamine groups is 4. The van der Waals surface area contributed by atoms with Crippen molar-refractivity contribution in [2.45, 2.75) is 0 Å². The molecule has 2 aliphatic rings. The van der Waals surface area contributed by atoms with Crippen LogP contribution in [0.3, 0.4) is 0 Å². The molecule has 0 spiro atoms. The maximum Gasteiger partial charge on any atom is 0.352 e. The fourth-order valence-electron chi connectivity index (χ4n) is 1.70. The molecule has 16 heavy (non-hydrogen) atoms. The molecule has 0 radical (unpaired) electrons. The molecule has 0 saturated carbocycles. The molecule has 2 saturated heterocycles. The minimum atomic E-state index is -2.44. The van der Waals surface area contributed by atoms with Crippen molar-refractivity contribution < 1.29 is 13.8 Å². The fourth-order valence-corrected chi connectivity index (χ4v) is 2.52. The van der Waals surface area contributed by atoms with E-state index in [1.807, 2.05) is 0 Å². The number of nitrogens with one attached hydrogen (secondary N) is 2. The first kappa shape index (κ1) is 12.4. The second-order valence-corrected chi connectivity index (χ2v) is 4.66. The Morgan fingerprint density at radius 3 is 1.56 bits per heavy atom. The van der Waals surface area contributed by atoms with Crippen LogP contribution in [0.25, 0.3) is 0 Å². The number of piperazine rings is 2. The summed E-state index contributed by atoms with van der Waals surface area (Å²) in [6, 6.07) is 0. The van der Waals surface area contributed by atoms with Gasteiger partial charge < -0.3 is 10.6 Å². The maximum absolute atomic E-state index is 11.6. The number of rotatable bonds is 4. The number of nitrogens with zero attached hydrogens (tertiary/aromatic N) is 2. The molecular weight excluding hydrogens is 231 g/mol. The van der Waals surface area contributed by atoms with Gasteiger partial charge in [0.2, 0.25) is 0 Å². The molecular formula is C8H19N4O3P. The van der Waals surface area contributed by atoms with Gasteiger partial charge in [-0.2, -0.15) is 10.1 Å². The quantitative estimate of drug-likeness (QED) is 0.623. The van der Waals surface area contributed by atoms with E-state index in [1.54, 1.807) is 10.1 Å². The summed E-state index contributed by atoms with van der Waals surface area (Å²) < 4.78 is 22.1. The van der Waals surface area contributed by atoms with Crippen LogP contribution in [0.4, 0.5) is 0 Å². The van der Waals surface area contributed by atoms with Crippen LogP contribution in [-0.4, -0.2) is 62.5 Å². The molecule has 94 valence electrons. The monoisotopic (exact) mass is 250 g/mol. The molecule has 0 bridgehead atoms. The van der Waals surface area contributed by atoms with E-state index in [4.69, 9.17) is 9.25 Å². The molecule has 2 rings (SSSR count). The minimum absolute atomic E-state index is 0.751. The summed E-state index contributed by atoms with van der Waals surface area (Å²) in [6.45, 7) is 6.46. The topological polar surface area (TPSA) is 66.1 Å². The van der Waals surface area contributed by atoms with Gasteiger partial charge in [0.1, 0.15) is 0 Å². The second kappa shape index (κ2) is 6.66. The predicted molar refractivity (Wildman–Crippen MR) is 60.1 cm³/mol. The Hall–Kier alpha value is -0.0100. The van der Waals surface area contributed by atoms with E-state index in [9.17, 15) is 4.57 Å². The Bertz CT molecular complexity index is 209. The molecule has 8 heteroatoms. The van der Waals surface area contributed by atoms with E-state index in [0.717, 1.165) is 52.4 Å². The number of hydrogen-bond donors (Lipinski definition) is 2. The van der Waals surface area contributed by atoms with Gasteiger partial charge >= 0.3 is 8.25 Å². The lowest BCUT2D eigenvalue weighted by Gasteiger charge is -2.28. The van der Waals surface area contributed by atoms with Crippen LogP contribution in [-0.2, 0) is 13.8 Å². The smallest absolute Gasteiger partial charge is 0.314 e. The molecule has 0 aliphatic carbocycles. The summed E-state index contributed by atoms with van der Waals surface area (Å²) >= 11 is 0. The lowest BCUT2D eigenvalue weighted by molar-refractivity contribution is -0.120. The van der Waals surface area contributed by atoms with Gasteiger partial charge in [-0.25, -0.2) is 9.25 Å². The van der Waals surface area contributed by atoms with E-state index in [0.29, 0.717) is 0 Å². The van der Waals surface area contributed by atoms with E-state index in [1.165, 1.54) is 0 Å². The molecule has 0 aromatic carbocycles. The molecule has 2 fully saturated rings. The third-order valence-corrected chi connectivity index (χ3v) is 3.37. The maximum atomic E-state index is 11.6. The zero-order valence-electron chi connectivity index (χ0n) is 9.28. The predicted octanol–water partition coefficient (Wildman–Crippen LogP) is -0.950. The average Bonchev–Trinajstić information content (AvgIpc) is 2.31. The lowest BCUT2D eigenvalue weighted by Crippen LogP contribution is -2.44. The van der Waals surface area contributed by atoms with Gasteiger partial charge in [0, 0.05) is 52.4 Å². The van der Waals surface area contributed by atoms with E-state index >= 15 is 0 Å². The highest BCUT2D eigenvalue weighted by molar-refractivity contribution is 7.33. The van der Waals surface area contributed by atoms with Crippen LogP contribution in [0, 0.1) is 0 Å². The molecule has 0 aromatic rings. The highest BCUT2D eigenvalue weighted by Crippen LogP contribution is 2.27. The molecule has 2 heterocycles. The van der Waals surface area contributed by atoms with Gasteiger partial charge in [-0.1, -0.05) is 0 Å². The van der Waals surface area contributed by atoms with Gasteiger partial charge in [-0.05, 0) is 0 Å². The Balaban J connectivity index is 1.66. The highest BCUT2D eigenvalue weighted by atomic mass is 31.1. The summed E-state index contributed by atoms with van der Waals surface area (Å²) in [7, 11) is -2.44. The third kappa shape index (κ3) is 4.10. The summed E-state index contributed by atoms with van der Waals surface area (Å²) in [4.78, 5) is 0. The van der Waals surface area contributed by atoms with Crippen molar-refractivity contribution in [1.29, 1.82) is 0 Å². The van der Waals surface area contributed by atoms with Crippen molar-refractivity contribution in [2.75, 3.05) is 52.4 Å². The standard InChI is InChI=1S/C8H19N4O3P/c13-16(14-11-5-1-9-2-6-11)15-12-7-3-10-4-8-12/h9-10,16H,1-8H2. The first-order valence-electron chi connectivity index (χ1n) is 5.66. The number of hydrogen-bond acceptors (Lipinski definition) is 7. The largest absolute Gasteiger partial charge is 0.352 e. The van der Waals surface area contributed by atoms with E-state index in [-0.39, 0.29) is 0 Å². The van der Waals surface area contributed by atoms with Crippen LogP contribution >= 0.6 is 8.25 Å². The van der Waals surface area contributed by atoms with Crippen molar-refractivity contribution in [1.82, 2.24) is 20.8 Å². The first-order chi connectivity index (χ1) is 7.84. The summed E-state index contributed by atoms with van der Waals surface area (Å²) in [6.07, 6.45) is 0. The highest BCUT2D eigenvalue weighted by Gasteiger charge is 2.17. The summed E-state index contributed by atoms with van der Waals surface area (Å²) in [5.74, 6) is 0. The Labute approximate surface area is 95.9 Å². The fraction of sp³-hybridized carbons (Fsp3) is 1.00. The molecule has 0 aromatic heterocycles. The van der Waals surface area contributed by atoms with Crippen LogP contribution in [0.15, 0.2) is 0 Å². The third-order valence-electron chi connectivity index (χ3n) is 2.56. The second-order valence-electron chi connectivity index (χ2n) is 3.79. The SMILES string of the molecule is O=[PH](ON1CCNCC1)ON1CCNCC1. The summed E-state index contributed by atoms with van der Waals surface area (Å²) in [5, 5.41) is 9.81. The van der Waals surface area contributed by atoms with Crippen LogP contribution in [0.5, 0.6) is 0 Å². The van der Waals surface area contributed by atoms with E-state index in [2.05, 4.69) is 10.6 Å². The zero-order valence-corrected chi connectivity index (χ0v) is 10.3. The van der Waals surface area contributed by atoms with Gasteiger partial charge in [-0.15, -0.1) is 0 Å². The van der Waals surface area contributed by atoms with Crippen molar-refractivity contribution in [3.63, 3.8) is 0 Å². The molecule has 0 unspecified atom stereocenters. The summed E-state index contributed by atoms with van der Waals surface area (Å²) in [5.41, 5.74) is 0. The van der Waals surface area contributed by atoms with Gasteiger partial charge in [0.05, 0.1) is 0 Å². The van der Waals surface area contributed by atoms with Gasteiger partial charge in [0.25, 0.3) is 0 Å².